The summed E-state index contributed by atoms with van der Waals surface area (Å²) in [6.07, 6.45) is 0.446. The van der Waals surface area contributed by atoms with E-state index in [0.717, 1.165) is 42.2 Å². The lowest BCUT2D eigenvalue weighted by molar-refractivity contribution is -0.120. The van der Waals surface area contributed by atoms with Crippen LogP contribution in [0.2, 0.25) is 0 Å². The molecule has 0 aliphatic carbocycles. The third-order valence-electron chi connectivity index (χ3n) is 3.96. The SMILES string of the molecule is CC.O=C(Cc1ccc(-c2cccc(Br)c2)s1)NCCN1CCOCC1. The van der Waals surface area contributed by atoms with E-state index in [1.807, 2.05) is 32.0 Å². The first-order chi connectivity index (χ1) is 12.7. The quantitative estimate of drug-likeness (QED) is 0.734. The van der Waals surface area contributed by atoms with Crippen LogP contribution >= 0.6 is 27.3 Å². The van der Waals surface area contributed by atoms with Crippen LogP contribution in [0, 0.1) is 0 Å². The number of carbonyl (C=O) groups excluding carboxylic acids is 1. The van der Waals surface area contributed by atoms with Gasteiger partial charge in [-0.25, -0.2) is 0 Å². The molecule has 1 aromatic heterocycles. The smallest absolute Gasteiger partial charge is 0.225 e. The number of benzene rings is 1. The van der Waals surface area contributed by atoms with Gasteiger partial charge in [0.1, 0.15) is 0 Å². The number of nitrogens with zero attached hydrogens (tertiary/aromatic N) is 1. The molecule has 2 heterocycles. The van der Waals surface area contributed by atoms with Crippen molar-refractivity contribution in [1.82, 2.24) is 10.2 Å². The second kappa shape index (κ2) is 11.5. The van der Waals surface area contributed by atoms with Crippen LogP contribution in [0.5, 0.6) is 0 Å². The van der Waals surface area contributed by atoms with E-state index >= 15 is 0 Å². The molecule has 1 fully saturated rings. The minimum atomic E-state index is 0.0888. The summed E-state index contributed by atoms with van der Waals surface area (Å²) in [5, 5.41) is 3.01. The molecule has 0 saturated carbocycles. The van der Waals surface area contributed by atoms with Gasteiger partial charge in [-0.05, 0) is 29.8 Å². The molecule has 1 aromatic carbocycles. The summed E-state index contributed by atoms with van der Waals surface area (Å²) in [5.74, 6) is 0.0888. The lowest BCUT2D eigenvalue weighted by Gasteiger charge is -2.26. The Kier molecular flexibility index (Phi) is 9.32. The van der Waals surface area contributed by atoms with Gasteiger partial charge in [0, 0.05) is 40.4 Å². The molecule has 1 saturated heterocycles. The highest BCUT2D eigenvalue weighted by molar-refractivity contribution is 9.10. The zero-order valence-electron chi connectivity index (χ0n) is 15.5. The van der Waals surface area contributed by atoms with Crippen LogP contribution in [-0.2, 0) is 16.0 Å². The lowest BCUT2D eigenvalue weighted by atomic mass is 10.2. The van der Waals surface area contributed by atoms with Crippen molar-refractivity contribution >= 4 is 33.2 Å². The fraction of sp³-hybridized carbons (Fsp3) is 0.450. The van der Waals surface area contributed by atoms with Crippen molar-refractivity contribution < 1.29 is 9.53 Å². The number of rotatable bonds is 6. The van der Waals surface area contributed by atoms with Crippen LogP contribution in [0.3, 0.4) is 0 Å². The number of ether oxygens (including phenoxy) is 1. The lowest BCUT2D eigenvalue weighted by Crippen LogP contribution is -2.41. The summed E-state index contributed by atoms with van der Waals surface area (Å²) in [6.45, 7) is 9.09. The number of carbonyl (C=O) groups is 1. The van der Waals surface area contributed by atoms with Gasteiger partial charge in [-0.3, -0.25) is 9.69 Å². The summed E-state index contributed by atoms with van der Waals surface area (Å²) in [7, 11) is 0. The highest BCUT2D eigenvalue weighted by Gasteiger charge is 2.11. The minimum absolute atomic E-state index is 0.0888. The Morgan fingerprint density at radius 1 is 1.23 bits per heavy atom. The molecule has 2 aromatic rings. The van der Waals surface area contributed by atoms with Gasteiger partial charge in [-0.1, -0.05) is 41.9 Å². The normalized spacial score (nSPS) is 14.4. The van der Waals surface area contributed by atoms with Crippen LogP contribution < -0.4 is 5.32 Å². The van der Waals surface area contributed by atoms with E-state index in [1.165, 1.54) is 10.4 Å². The highest BCUT2D eigenvalue weighted by Crippen LogP contribution is 2.30. The Labute approximate surface area is 168 Å². The molecule has 4 nitrogen and oxygen atoms in total. The number of nitrogens with one attached hydrogen (secondary N) is 1. The molecule has 6 heteroatoms. The van der Waals surface area contributed by atoms with Crippen molar-refractivity contribution in [3.8, 4) is 10.4 Å². The van der Waals surface area contributed by atoms with E-state index in [-0.39, 0.29) is 5.91 Å². The molecule has 0 bridgehead atoms. The zero-order valence-corrected chi connectivity index (χ0v) is 17.9. The van der Waals surface area contributed by atoms with Crippen LogP contribution in [0.1, 0.15) is 18.7 Å². The molecule has 0 unspecified atom stereocenters. The van der Waals surface area contributed by atoms with Gasteiger partial charge < -0.3 is 10.1 Å². The molecular formula is C20H27BrN2O2S. The van der Waals surface area contributed by atoms with Crippen LogP contribution in [-0.4, -0.2) is 50.2 Å². The molecule has 1 aliphatic rings. The van der Waals surface area contributed by atoms with E-state index in [4.69, 9.17) is 4.74 Å². The van der Waals surface area contributed by atoms with Gasteiger partial charge in [-0.15, -0.1) is 11.3 Å². The molecule has 1 N–H and O–H groups in total. The monoisotopic (exact) mass is 438 g/mol. The Balaban J connectivity index is 0.00000117. The first-order valence-electron chi connectivity index (χ1n) is 9.12. The average molecular weight is 439 g/mol. The van der Waals surface area contributed by atoms with Crippen LogP contribution in [0.4, 0.5) is 0 Å². The summed E-state index contributed by atoms with van der Waals surface area (Å²) >= 11 is 5.17. The Bertz CT molecular complexity index is 684. The number of thiophene rings is 1. The Morgan fingerprint density at radius 3 is 2.73 bits per heavy atom. The molecule has 26 heavy (non-hydrogen) atoms. The van der Waals surface area contributed by atoms with Gasteiger partial charge in [0.25, 0.3) is 0 Å². The van der Waals surface area contributed by atoms with Crippen molar-refractivity contribution in [3.63, 3.8) is 0 Å². The van der Waals surface area contributed by atoms with Crippen molar-refractivity contribution in [1.29, 1.82) is 0 Å². The van der Waals surface area contributed by atoms with Gasteiger partial charge in [0.05, 0.1) is 19.6 Å². The number of hydrogen-bond acceptors (Lipinski definition) is 4. The molecule has 0 radical (unpaired) electrons. The Hall–Kier alpha value is -1.21. The van der Waals surface area contributed by atoms with Crippen LogP contribution in [0.25, 0.3) is 10.4 Å². The van der Waals surface area contributed by atoms with Gasteiger partial charge in [-0.2, -0.15) is 0 Å². The van der Waals surface area contributed by atoms with Gasteiger partial charge in [0.2, 0.25) is 5.91 Å². The van der Waals surface area contributed by atoms with E-state index in [0.29, 0.717) is 13.0 Å². The third kappa shape index (κ3) is 6.83. The number of halogens is 1. The topological polar surface area (TPSA) is 41.6 Å². The molecule has 1 amide bonds. The van der Waals surface area contributed by atoms with Gasteiger partial charge >= 0.3 is 0 Å². The van der Waals surface area contributed by atoms with Crippen molar-refractivity contribution in [2.75, 3.05) is 39.4 Å². The average Bonchev–Trinajstić information content (AvgIpc) is 3.13. The maximum Gasteiger partial charge on any atom is 0.225 e. The van der Waals surface area contributed by atoms with E-state index in [9.17, 15) is 4.79 Å². The van der Waals surface area contributed by atoms with Crippen molar-refractivity contribution in [2.45, 2.75) is 20.3 Å². The summed E-state index contributed by atoms with van der Waals surface area (Å²) in [5.41, 5.74) is 1.17. The molecule has 0 spiro atoms. The third-order valence-corrected chi connectivity index (χ3v) is 5.59. The molecule has 142 valence electrons. The fourth-order valence-corrected chi connectivity index (χ4v) is 4.07. The van der Waals surface area contributed by atoms with Gasteiger partial charge in [0.15, 0.2) is 0 Å². The molecular weight excluding hydrogens is 412 g/mol. The predicted molar refractivity (Wildman–Crippen MR) is 113 cm³/mol. The minimum Gasteiger partial charge on any atom is -0.379 e. The number of amides is 1. The second-order valence-corrected chi connectivity index (χ2v) is 7.84. The largest absolute Gasteiger partial charge is 0.379 e. The van der Waals surface area contributed by atoms with E-state index in [1.54, 1.807) is 11.3 Å². The summed E-state index contributed by atoms with van der Waals surface area (Å²) in [4.78, 5) is 16.7. The predicted octanol–water partition coefficient (Wildman–Crippen LogP) is 4.19. The zero-order chi connectivity index (χ0) is 18.8. The standard InChI is InChI=1S/C18H21BrN2O2S.C2H6/c19-15-3-1-2-14(12-15)17-5-4-16(24-17)13-18(22)20-6-7-21-8-10-23-11-9-21;1-2/h1-5,12H,6-11,13H2,(H,20,22);1-2H3. The fourth-order valence-electron chi connectivity index (χ4n) is 2.67. The molecule has 0 atom stereocenters. The van der Waals surface area contributed by atoms with Crippen LogP contribution in [0.15, 0.2) is 40.9 Å². The highest BCUT2D eigenvalue weighted by atomic mass is 79.9. The van der Waals surface area contributed by atoms with E-state index in [2.05, 4.69) is 44.3 Å². The maximum atomic E-state index is 12.1. The van der Waals surface area contributed by atoms with Crippen molar-refractivity contribution in [2.24, 2.45) is 0 Å². The first-order valence-corrected chi connectivity index (χ1v) is 10.7. The summed E-state index contributed by atoms with van der Waals surface area (Å²) < 4.78 is 6.39. The van der Waals surface area contributed by atoms with Crippen molar-refractivity contribution in [3.05, 3.63) is 45.7 Å². The van der Waals surface area contributed by atoms with E-state index < -0.39 is 0 Å². The first kappa shape index (κ1) is 21.1. The summed E-state index contributed by atoms with van der Waals surface area (Å²) in [6, 6.07) is 12.4. The second-order valence-electron chi connectivity index (χ2n) is 5.76. The number of morpholine rings is 1. The number of hydrogen-bond donors (Lipinski definition) is 1. The maximum absolute atomic E-state index is 12.1. The Morgan fingerprint density at radius 2 is 2.00 bits per heavy atom. The molecule has 1 aliphatic heterocycles. The molecule has 3 rings (SSSR count).